The van der Waals surface area contributed by atoms with Crippen LogP contribution < -0.4 is 14.7 Å². The van der Waals surface area contributed by atoms with Crippen molar-refractivity contribution in [3.63, 3.8) is 0 Å². The molecule has 1 unspecified atom stereocenters. The molecule has 0 spiro atoms. The van der Waals surface area contributed by atoms with Crippen molar-refractivity contribution in [3.05, 3.63) is 36.7 Å². The Morgan fingerprint density at radius 1 is 0.840 bits per heavy atom. The van der Waals surface area contributed by atoms with E-state index in [-0.39, 0.29) is 0 Å². The number of pyridine rings is 1. The van der Waals surface area contributed by atoms with E-state index in [9.17, 15) is 0 Å². The van der Waals surface area contributed by atoms with Crippen LogP contribution in [0, 0.1) is 5.92 Å². The lowest BCUT2D eigenvalue weighted by Gasteiger charge is -2.36. The van der Waals surface area contributed by atoms with E-state index in [4.69, 9.17) is 4.98 Å². The van der Waals surface area contributed by atoms with Gasteiger partial charge in [-0.15, -0.1) is 0 Å². The maximum Gasteiger partial charge on any atom is 0.227 e. The molecule has 0 amide bonds. The van der Waals surface area contributed by atoms with Gasteiger partial charge in [0.2, 0.25) is 5.95 Å². The molecule has 0 radical (unpaired) electrons. The third-order valence-corrected chi connectivity index (χ3v) is 5.14. The average molecular weight is 338 g/mol. The van der Waals surface area contributed by atoms with Crippen LogP contribution in [0.25, 0.3) is 0 Å². The summed E-state index contributed by atoms with van der Waals surface area (Å²) in [7, 11) is 0. The van der Waals surface area contributed by atoms with Crippen molar-refractivity contribution in [2.75, 3.05) is 54.0 Å². The van der Waals surface area contributed by atoms with Crippen LogP contribution in [0.3, 0.4) is 0 Å². The van der Waals surface area contributed by atoms with Gasteiger partial charge < -0.3 is 14.7 Å². The molecular weight excluding hydrogens is 312 g/mol. The molecule has 0 saturated carbocycles. The van der Waals surface area contributed by atoms with E-state index in [0.717, 1.165) is 62.8 Å². The van der Waals surface area contributed by atoms with Crippen molar-refractivity contribution < 1.29 is 0 Å². The lowest BCUT2D eigenvalue weighted by Crippen LogP contribution is -2.47. The zero-order valence-corrected chi connectivity index (χ0v) is 14.9. The molecule has 4 rings (SSSR count). The molecule has 0 bridgehead atoms. The first-order chi connectivity index (χ1) is 12.3. The third-order valence-electron chi connectivity index (χ3n) is 5.14. The highest BCUT2D eigenvalue weighted by atomic mass is 15.3. The number of nitrogens with zero attached hydrogens (tertiary/aromatic N) is 6. The third kappa shape index (κ3) is 3.67. The smallest absolute Gasteiger partial charge is 0.227 e. The van der Waals surface area contributed by atoms with Gasteiger partial charge in [0.15, 0.2) is 0 Å². The van der Waals surface area contributed by atoms with Crippen molar-refractivity contribution in [3.8, 4) is 0 Å². The van der Waals surface area contributed by atoms with Gasteiger partial charge in [-0.05, 0) is 37.0 Å². The quantitative estimate of drug-likeness (QED) is 0.857. The van der Waals surface area contributed by atoms with Crippen LogP contribution in [0.4, 0.5) is 17.6 Å². The summed E-state index contributed by atoms with van der Waals surface area (Å²) in [6.45, 7) is 8.31. The number of hydrogen-bond donors (Lipinski definition) is 0. The topological polar surface area (TPSA) is 48.4 Å². The highest BCUT2D eigenvalue weighted by molar-refractivity contribution is 5.47. The fourth-order valence-electron chi connectivity index (χ4n) is 3.74. The first kappa shape index (κ1) is 16.1. The van der Waals surface area contributed by atoms with Crippen LogP contribution in [-0.4, -0.2) is 54.2 Å². The highest BCUT2D eigenvalue weighted by Gasteiger charge is 2.22. The molecule has 2 aliphatic rings. The second kappa shape index (κ2) is 7.25. The Bertz CT molecular complexity index is 683. The average Bonchev–Trinajstić information content (AvgIpc) is 2.69. The molecule has 6 nitrogen and oxygen atoms in total. The molecule has 4 heterocycles. The Morgan fingerprint density at radius 3 is 2.36 bits per heavy atom. The van der Waals surface area contributed by atoms with Crippen molar-refractivity contribution in [1.82, 2.24) is 15.0 Å². The van der Waals surface area contributed by atoms with E-state index in [1.807, 2.05) is 30.6 Å². The van der Waals surface area contributed by atoms with E-state index in [2.05, 4.69) is 37.7 Å². The predicted molar refractivity (Wildman–Crippen MR) is 101 cm³/mol. The van der Waals surface area contributed by atoms with Gasteiger partial charge in [-0.25, -0.2) is 9.97 Å². The van der Waals surface area contributed by atoms with E-state index < -0.39 is 0 Å². The lowest BCUT2D eigenvalue weighted by atomic mass is 10.0. The van der Waals surface area contributed by atoms with Gasteiger partial charge in [-0.3, -0.25) is 0 Å². The van der Waals surface area contributed by atoms with Gasteiger partial charge >= 0.3 is 0 Å². The van der Waals surface area contributed by atoms with Gasteiger partial charge in [0, 0.05) is 51.7 Å². The Hall–Kier alpha value is -2.37. The van der Waals surface area contributed by atoms with Crippen LogP contribution in [0.1, 0.15) is 19.8 Å². The summed E-state index contributed by atoms with van der Waals surface area (Å²) in [4.78, 5) is 20.9. The number of hydrogen-bond acceptors (Lipinski definition) is 6. The Kier molecular flexibility index (Phi) is 4.68. The zero-order chi connectivity index (χ0) is 17.1. The second-order valence-electron chi connectivity index (χ2n) is 7.07. The number of piperidine rings is 1. The number of aromatic nitrogens is 3. The van der Waals surface area contributed by atoms with E-state index in [1.54, 1.807) is 0 Å². The molecule has 2 fully saturated rings. The zero-order valence-electron chi connectivity index (χ0n) is 14.9. The van der Waals surface area contributed by atoms with Crippen molar-refractivity contribution in [2.45, 2.75) is 19.8 Å². The molecule has 0 aromatic carbocycles. The van der Waals surface area contributed by atoms with Crippen molar-refractivity contribution in [2.24, 2.45) is 5.92 Å². The molecule has 1 atom stereocenters. The maximum absolute atomic E-state index is 4.86. The summed E-state index contributed by atoms with van der Waals surface area (Å²) in [6, 6.07) is 8.12. The molecule has 2 aliphatic heterocycles. The fourth-order valence-corrected chi connectivity index (χ4v) is 3.74. The Balaban J connectivity index is 1.42. The minimum absolute atomic E-state index is 0.725. The second-order valence-corrected chi connectivity index (χ2v) is 7.07. The standard InChI is InChI=1S/C19H26N6/c1-16-5-4-10-25(15-16)19-21-9-7-18(22-19)24-13-11-23(12-14-24)17-6-2-3-8-20-17/h2-3,6-9,16H,4-5,10-15H2,1H3. The lowest BCUT2D eigenvalue weighted by molar-refractivity contribution is 0.442. The first-order valence-corrected chi connectivity index (χ1v) is 9.28. The molecule has 2 aromatic rings. The van der Waals surface area contributed by atoms with Crippen LogP contribution in [0.15, 0.2) is 36.7 Å². The van der Waals surface area contributed by atoms with Crippen LogP contribution in [0.2, 0.25) is 0 Å². The van der Waals surface area contributed by atoms with E-state index >= 15 is 0 Å². The molecule has 25 heavy (non-hydrogen) atoms. The number of anilines is 3. The Morgan fingerprint density at radius 2 is 1.64 bits per heavy atom. The minimum Gasteiger partial charge on any atom is -0.353 e. The first-order valence-electron chi connectivity index (χ1n) is 9.28. The predicted octanol–water partition coefficient (Wildman–Crippen LogP) is 2.43. The summed E-state index contributed by atoms with van der Waals surface area (Å²) in [5.74, 6) is 3.72. The molecule has 132 valence electrons. The molecule has 6 heteroatoms. The highest BCUT2D eigenvalue weighted by Crippen LogP contribution is 2.23. The largest absolute Gasteiger partial charge is 0.353 e. The van der Waals surface area contributed by atoms with Crippen LogP contribution in [-0.2, 0) is 0 Å². The van der Waals surface area contributed by atoms with Crippen molar-refractivity contribution >= 4 is 17.6 Å². The fraction of sp³-hybridized carbons (Fsp3) is 0.526. The van der Waals surface area contributed by atoms with Gasteiger partial charge in [-0.2, -0.15) is 4.98 Å². The summed E-state index contributed by atoms with van der Waals surface area (Å²) in [5.41, 5.74) is 0. The maximum atomic E-state index is 4.86. The van der Waals surface area contributed by atoms with Gasteiger partial charge in [0.25, 0.3) is 0 Å². The molecule has 2 aromatic heterocycles. The normalized spacial score (nSPS) is 21.5. The van der Waals surface area contributed by atoms with Gasteiger partial charge in [0.05, 0.1) is 0 Å². The monoisotopic (exact) mass is 338 g/mol. The summed E-state index contributed by atoms with van der Waals surface area (Å²) in [5, 5.41) is 0. The Labute approximate surface area is 149 Å². The molecule has 2 saturated heterocycles. The van der Waals surface area contributed by atoms with Gasteiger partial charge in [0.1, 0.15) is 11.6 Å². The minimum atomic E-state index is 0.725. The number of piperazine rings is 1. The number of rotatable bonds is 3. The summed E-state index contributed by atoms with van der Waals surface area (Å²) in [6.07, 6.45) is 6.31. The summed E-state index contributed by atoms with van der Waals surface area (Å²) < 4.78 is 0. The van der Waals surface area contributed by atoms with Gasteiger partial charge in [-0.1, -0.05) is 13.0 Å². The van der Waals surface area contributed by atoms with E-state index in [1.165, 1.54) is 12.8 Å². The van der Waals surface area contributed by atoms with Crippen LogP contribution >= 0.6 is 0 Å². The van der Waals surface area contributed by atoms with Crippen molar-refractivity contribution in [1.29, 1.82) is 0 Å². The summed E-state index contributed by atoms with van der Waals surface area (Å²) >= 11 is 0. The molecular formula is C19H26N6. The molecule has 0 aliphatic carbocycles. The SMILES string of the molecule is CC1CCCN(c2nccc(N3CCN(c4ccccn4)CC3)n2)C1. The van der Waals surface area contributed by atoms with E-state index in [0.29, 0.717) is 0 Å². The van der Waals surface area contributed by atoms with Crippen LogP contribution in [0.5, 0.6) is 0 Å². The molecule has 0 N–H and O–H groups in total.